The van der Waals surface area contributed by atoms with Gasteiger partial charge in [-0.25, -0.2) is 15.0 Å². The van der Waals surface area contributed by atoms with Gasteiger partial charge in [0.05, 0.1) is 73.1 Å². The van der Waals surface area contributed by atoms with Crippen LogP contribution in [0.15, 0.2) is 146 Å². The van der Waals surface area contributed by atoms with E-state index in [1.807, 2.05) is 77.9 Å². The molecule has 3 aromatic carbocycles. The summed E-state index contributed by atoms with van der Waals surface area (Å²) in [4.78, 5) is 21.3. The molecule has 6 aromatic rings. The predicted molar refractivity (Wildman–Crippen MR) is 437 cm³/mol. The molecule has 18 heteroatoms. The molecule has 9 atom stereocenters. The van der Waals surface area contributed by atoms with E-state index >= 15 is 0 Å². The number of aliphatic hydroxyl groups is 3. The number of pyridine rings is 3. The van der Waals surface area contributed by atoms with Crippen molar-refractivity contribution in [3.8, 4) is 0 Å². The molecule has 9 heterocycles. The first-order valence-corrected chi connectivity index (χ1v) is 40.9. The Bertz CT molecular complexity index is 3410. The van der Waals surface area contributed by atoms with E-state index in [-0.39, 0.29) is 90.3 Å². The van der Waals surface area contributed by atoms with Gasteiger partial charge in [0.25, 0.3) is 0 Å². The molecule has 6 N–H and O–H groups in total. The lowest BCUT2D eigenvalue weighted by molar-refractivity contribution is 0.0160. The van der Waals surface area contributed by atoms with E-state index in [9.17, 15) is 15.3 Å². The molecule has 3 fully saturated rings. The van der Waals surface area contributed by atoms with Gasteiger partial charge in [0.2, 0.25) is 0 Å². The van der Waals surface area contributed by atoms with Gasteiger partial charge in [-0.2, -0.15) is 0 Å². The number of fused-ring (bicyclic) bond motifs is 3. The minimum atomic E-state index is -0.253. The molecule has 1 unspecified atom stereocenters. The van der Waals surface area contributed by atoms with Crippen molar-refractivity contribution in [1.82, 2.24) is 29.7 Å². The first-order chi connectivity index (χ1) is 52.3. The number of hydrogen-bond acceptors (Lipinski definition) is 18. The summed E-state index contributed by atoms with van der Waals surface area (Å²) in [6.07, 6.45) is 19.8. The third-order valence-corrected chi connectivity index (χ3v) is 21.6. The van der Waals surface area contributed by atoms with Crippen molar-refractivity contribution >= 4 is 17.5 Å². The Morgan fingerprint density at radius 2 is 0.657 bits per heavy atom. The van der Waals surface area contributed by atoms with Crippen LogP contribution >= 0.6 is 0 Å². The summed E-state index contributed by atoms with van der Waals surface area (Å²) in [5.41, 5.74) is 14.0. The smallest absolute Gasteiger partial charge is 0.129 e. The molecule has 3 aromatic heterocycles. The summed E-state index contributed by atoms with van der Waals surface area (Å²) >= 11 is 0. The number of aromatic nitrogens is 3. The van der Waals surface area contributed by atoms with Crippen LogP contribution in [0.3, 0.4) is 0 Å². The predicted octanol–water partition coefficient (Wildman–Crippen LogP) is 18.5. The Morgan fingerprint density at radius 1 is 0.389 bits per heavy atom. The Kier molecular flexibility index (Phi) is 32.6. The van der Waals surface area contributed by atoms with Crippen molar-refractivity contribution in [2.24, 2.45) is 0 Å². The van der Waals surface area contributed by atoms with E-state index in [1.165, 1.54) is 36.0 Å². The molecular formula is C90H129N9O9. The molecule has 0 saturated carbocycles. The van der Waals surface area contributed by atoms with E-state index in [0.29, 0.717) is 0 Å². The van der Waals surface area contributed by atoms with Crippen molar-refractivity contribution in [3.05, 3.63) is 213 Å². The Hall–Kier alpha value is -7.23. The molecule has 0 spiro atoms. The Morgan fingerprint density at radius 3 is 0.917 bits per heavy atom. The topological polar surface area (TPSA) is 201 Å². The van der Waals surface area contributed by atoms with E-state index < -0.39 is 0 Å². The number of ether oxygens (including phenoxy) is 6. The number of benzene rings is 3. The van der Waals surface area contributed by atoms with E-state index in [4.69, 9.17) is 43.4 Å². The van der Waals surface area contributed by atoms with E-state index in [0.717, 1.165) is 243 Å². The highest BCUT2D eigenvalue weighted by atomic mass is 16.5. The molecule has 3 saturated heterocycles. The number of aliphatic hydroxyl groups excluding tert-OH is 3. The fourth-order valence-electron chi connectivity index (χ4n) is 16.5. The zero-order chi connectivity index (χ0) is 76.5. The third kappa shape index (κ3) is 24.4. The molecule has 0 aliphatic carbocycles. The minimum Gasteiger partial charge on any atom is -0.511 e. The number of nitrogens with one attached hydrogen (secondary N) is 3. The maximum absolute atomic E-state index is 10.6. The molecule has 588 valence electrons. The summed E-state index contributed by atoms with van der Waals surface area (Å²) < 4.78 is 36.9. The van der Waals surface area contributed by atoms with Crippen LogP contribution in [0.5, 0.6) is 0 Å². The quantitative estimate of drug-likeness (QED) is 0.0160. The van der Waals surface area contributed by atoms with Crippen LogP contribution < -0.4 is 16.0 Å². The van der Waals surface area contributed by atoms with Crippen molar-refractivity contribution in [3.63, 3.8) is 0 Å². The lowest BCUT2D eigenvalue weighted by Crippen LogP contribution is -2.30. The van der Waals surface area contributed by atoms with Gasteiger partial charge >= 0.3 is 0 Å². The summed E-state index contributed by atoms with van der Waals surface area (Å²) in [7, 11) is 0. The van der Waals surface area contributed by atoms with Crippen LogP contribution in [-0.2, 0) is 66.9 Å². The number of anilines is 3. The molecule has 12 rings (SSSR count). The summed E-state index contributed by atoms with van der Waals surface area (Å²) in [6, 6.07) is 37.1. The number of likely N-dealkylation sites (tertiary alicyclic amines) is 3. The summed E-state index contributed by atoms with van der Waals surface area (Å²) in [5.74, 6) is 3.75. The number of aryl methyl sites for hydroxylation is 6. The first-order valence-electron chi connectivity index (χ1n) is 40.9. The fraction of sp³-hybridized carbons (Fsp3) is 0.567. The molecule has 0 bridgehead atoms. The normalized spacial score (nSPS) is 19.6. The Labute approximate surface area is 646 Å². The zero-order valence-electron chi connectivity index (χ0n) is 66.6. The third-order valence-electron chi connectivity index (χ3n) is 21.6. The molecule has 108 heavy (non-hydrogen) atoms. The van der Waals surface area contributed by atoms with E-state index in [2.05, 4.69) is 144 Å². The average Bonchev–Trinajstić information content (AvgIpc) is 1.54. The van der Waals surface area contributed by atoms with Gasteiger partial charge in [0, 0.05) is 95.8 Å². The molecule has 0 amide bonds. The lowest BCUT2D eigenvalue weighted by Gasteiger charge is -2.30. The number of rotatable bonds is 36. The highest BCUT2D eigenvalue weighted by Crippen LogP contribution is 2.40. The van der Waals surface area contributed by atoms with Gasteiger partial charge in [-0.15, -0.1) is 0 Å². The van der Waals surface area contributed by atoms with E-state index in [1.54, 1.807) is 0 Å². The second-order valence-electron chi connectivity index (χ2n) is 31.3. The van der Waals surface area contributed by atoms with Crippen molar-refractivity contribution in [2.75, 3.05) is 94.7 Å². The zero-order valence-corrected chi connectivity index (χ0v) is 66.6. The standard InChI is InChI=1S/3C30H43N3O3/c3*1-21(2)36-23(4)27-12-5-6-13-28(27)29(22(3)34)33-18-16-26(20-33)35-19-8-7-11-25-15-14-24-10-9-17-31-30(24)32-25/h3*5-6,12-15,21,23,26,29,34H,3,7-11,16-20H2,1-2,4H3,(H,31,32)/t23-,26+,29?;23-,26-,29+;23-,26-,29-/m011/s1. The molecular weight excluding hydrogens is 1350 g/mol. The lowest BCUT2D eigenvalue weighted by atomic mass is 9.95. The highest BCUT2D eigenvalue weighted by molar-refractivity contribution is 5.49. The first kappa shape index (κ1) is 83.2. The molecule has 6 aliphatic heterocycles. The van der Waals surface area contributed by atoms with Crippen LogP contribution in [0.4, 0.5) is 17.5 Å². The maximum Gasteiger partial charge on any atom is 0.129 e. The monoisotopic (exact) mass is 1480 g/mol. The summed E-state index contributed by atoms with van der Waals surface area (Å²) in [5, 5.41) is 42.1. The van der Waals surface area contributed by atoms with Crippen molar-refractivity contribution < 1.29 is 43.7 Å². The van der Waals surface area contributed by atoms with Crippen molar-refractivity contribution in [2.45, 2.75) is 251 Å². The van der Waals surface area contributed by atoms with Gasteiger partial charge in [-0.1, -0.05) is 111 Å². The van der Waals surface area contributed by atoms with Gasteiger partial charge in [-0.3, -0.25) is 14.7 Å². The second-order valence-corrected chi connectivity index (χ2v) is 31.3. The summed E-state index contributed by atoms with van der Waals surface area (Å²) in [6.45, 7) is 40.6. The van der Waals surface area contributed by atoms with Crippen LogP contribution in [0.1, 0.15) is 243 Å². The van der Waals surface area contributed by atoms with Crippen LogP contribution in [0, 0.1) is 0 Å². The largest absolute Gasteiger partial charge is 0.511 e. The van der Waals surface area contributed by atoms with Gasteiger partial charge in [-0.05, 0) is 246 Å². The molecule has 6 aliphatic rings. The number of hydrogen-bond donors (Lipinski definition) is 6. The maximum atomic E-state index is 10.6. The van der Waals surface area contributed by atoms with Crippen LogP contribution in [0.25, 0.3) is 0 Å². The number of nitrogens with zero attached hydrogens (tertiary/aromatic N) is 6. The Balaban J connectivity index is 0.000000173. The molecule has 0 radical (unpaired) electrons. The second kappa shape index (κ2) is 42.3. The average molecular weight is 1480 g/mol. The van der Waals surface area contributed by atoms with Gasteiger partial charge in [0.1, 0.15) is 34.7 Å². The molecule has 18 nitrogen and oxygen atoms in total. The van der Waals surface area contributed by atoms with Gasteiger partial charge < -0.3 is 59.7 Å². The van der Waals surface area contributed by atoms with Crippen LogP contribution in [0.2, 0.25) is 0 Å². The van der Waals surface area contributed by atoms with Gasteiger partial charge in [0.15, 0.2) is 0 Å². The minimum absolute atomic E-state index is 0.0573. The SMILES string of the molecule is C=C(O)C(c1ccccc1[C@H](C)OC(C)C)N1CC[C@@H](OCCCCc2ccc3c(n2)NCCC3)C1.C=C(O)[C@@H](c1ccccc1[C@@H](C)OC(C)C)N1CC[C@@H](OCCCCc2ccc3c(n2)NCCC3)C1.C=C(O)[C@H](c1ccccc1[C@@H](C)OC(C)C)N1CC[C@@H](OCCCCc2ccc3c(n2)NCCC3)C1. The number of unbranched alkanes of at least 4 members (excludes halogenated alkanes) is 3. The highest BCUT2D eigenvalue weighted by Gasteiger charge is 2.37. The van der Waals surface area contributed by atoms with Crippen LogP contribution in [-0.4, -0.2) is 160 Å². The van der Waals surface area contributed by atoms with Crippen molar-refractivity contribution in [1.29, 1.82) is 0 Å². The fourth-order valence-corrected chi connectivity index (χ4v) is 16.5.